The molecule has 3 heteroatoms. The number of hydrogen-bond acceptors (Lipinski definition) is 3. The minimum atomic E-state index is -0.0540. The van der Waals surface area contributed by atoms with Crippen molar-refractivity contribution in [3.05, 3.63) is 12.3 Å². The molecule has 0 aliphatic carbocycles. The summed E-state index contributed by atoms with van der Waals surface area (Å²) < 4.78 is 9.86. The minimum absolute atomic E-state index is 0.0540. The summed E-state index contributed by atoms with van der Waals surface area (Å²) in [6.45, 7) is 6.36. The molecule has 0 amide bonds. The molecule has 0 aromatic rings. The first-order valence-corrected chi connectivity index (χ1v) is 3.19. The van der Waals surface area contributed by atoms with Crippen LogP contribution in [0, 0.1) is 0 Å². The van der Waals surface area contributed by atoms with Gasteiger partial charge < -0.3 is 15.2 Å². The summed E-state index contributed by atoms with van der Waals surface area (Å²) in [5.74, 6) is 0.687. The molecule has 2 N–H and O–H groups in total. The fourth-order valence-electron chi connectivity index (χ4n) is 0.511. The fourth-order valence-corrected chi connectivity index (χ4v) is 0.511. The van der Waals surface area contributed by atoms with Gasteiger partial charge in [0.2, 0.25) is 0 Å². The second kappa shape index (κ2) is 5.26. The molecular formula is C7H15NO2. The Bertz CT molecular complexity index is 104. The average Bonchev–Trinajstić information content (AvgIpc) is 1.85. The van der Waals surface area contributed by atoms with Crippen molar-refractivity contribution in [1.82, 2.24) is 0 Å². The summed E-state index contributed by atoms with van der Waals surface area (Å²) in [6.07, 6.45) is 0. The standard InChI is InChI=1S/C7H15NO2/c1-6(2)10-5-7(8)4-9-3/h7H,1,4-5,8H2,2-3H3. The maximum atomic E-state index is 5.54. The van der Waals surface area contributed by atoms with E-state index in [9.17, 15) is 0 Å². The van der Waals surface area contributed by atoms with E-state index in [-0.39, 0.29) is 6.04 Å². The van der Waals surface area contributed by atoms with Gasteiger partial charge in [-0.05, 0) is 6.92 Å². The summed E-state index contributed by atoms with van der Waals surface area (Å²) in [4.78, 5) is 0. The Hall–Kier alpha value is -0.540. The molecular weight excluding hydrogens is 130 g/mol. The number of allylic oxidation sites excluding steroid dienone is 1. The maximum absolute atomic E-state index is 5.54. The monoisotopic (exact) mass is 145 g/mol. The van der Waals surface area contributed by atoms with Crippen molar-refractivity contribution in [1.29, 1.82) is 0 Å². The zero-order valence-electron chi connectivity index (χ0n) is 6.59. The van der Waals surface area contributed by atoms with Crippen molar-refractivity contribution in [2.45, 2.75) is 13.0 Å². The van der Waals surface area contributed by atoms with E-state index in [1.165, 1.54) is 0 Å². The summed E-state index contributed by atoms with van der Waals surface area (Å²) in [7, 11) is 1.61. The van der Waals surface area contributed by atoms with Crippen LogP contribution < -0.4 is 5.73 Å². The summed E-state index contributed by atoms with van der Waals surface area (Å²) in [5, 5.41) is 0. The van der Waals surface area contributed by atoms with Crippen LogP contribution in [0.4, 0.5) is 0 Å². The third-order valence-corrected chi connectivity index (χ3v) is 0.925. The molecule has 0 rings (SSSR count). The van der Waals surface area contributed by atoms with Crippen molar-refractivity contribution in [2.24, 2.45) is 5.73 Å². The Balaban J connectivity index is 3.21. The molecule has 0 saturated carbocycles. The third kappa shape index (κ3) is 5.59. The van der Waals surface area contributed by atoms with Crippen molar-refractivity contribution < 1.29 is 9.47 Å². The molecule has 0 aromatic carbocycles. The minimum Gasteiger partial charge on any atom is -0.497 e. The van der Waals surface area contributed by atoms with Gasteiger partial charge >= 0.3 is 0 Å². The van der Waals surface area contributed by atoms with Crippen molar-refractivity contribution in [3.8, 4) is 0 Å². The Kier molecular flexibility index (Phi) is 4.98. The quantitative estimate of drug-likeness (QED) is 0.573. The third-order valence-electron chi connectivity index (χ3n) is 0.925. The molecule has 0 saturated heterocycles. The van der Waals surface area contributed by atoms with Crippen LogP contribution in [-0.4, -0.2) is 26.4 Å². The maximum Gasteiger partial charge on any atom is 0.105 e. The van der Waals surface area contributed by atoms with E-state index in [4.69, 9.17) is 15.2 Å². The normalized spacial score (nSPS) is 12.7. The molecule has 1 unspecified atom stereocenters. The van der Waals surface area contributed by atoms with E-state index in [2.05, 4.69) is 6.58 Å². The van der Waals surface area contributed by atoms with Crippen molar-refractivity contribution >= 4 is 0 Å². The predicted octanol–water partition coefficient (Wildman–Crippen LogP) is 0.510. The molecule has 0 aliphatic rings. The Labute approximate surface area is 61.8 Å². The van der Waals surface area contributed by atoms with E-state index >= 15 is 0 Å². The van der Waals surface area contributed by atoms with E-state index in [0.717, 1.165) is 0 Å². The molecule has 3 nitrogen and oxygen atoms in total. The van der Waals surface area contributed by atoms with E-state index < -0.39 is 0 Å². The lowest BCUT2D eigenvalue weighted by atomic mass is 10.4. The largest absolute Gasteiger partial charge is 0.497 e. The van der Waals surface area contributed by atoms with Crippen LogP contribution in [0.25, 0.3) is 0 Å². The Morgan fingerprint density at radius 1 is 1.60 bits per heavy atom. The lowest BCUT2D eigenvalue weighted by molar-refractivity contribution is 0.126. The predicted molar refractivity (Wildman–Crippen MR) is 40.6 cm³/mol. The van der Waals surface area contributed by atoms with Gasteiger partial charge in [-0.15, -0.1) is 0 Å². The molecule has 10 heavy (non-hydrogen) atoms. The molecule has 0 aliphatic heterocycles. The lowest BCUT2D eigenvalue weighted by Gasteiger charge is -2.11. The number of methoxy groups -OCH3 is 1. The smallest absolute Gasteiger partial charge is 0.105 e. The summed E-state index contributed by atoms with van der Waals surface area (Å²) in [5.41, 5.74) is 5.54. The van der Waals surface area contributed by atoms with Gasteiger partial charge in [0.05, 0.1) is 18.4 Å². The van der Waals surface area contributed by atoms with Gasteiger partial charge in [0.25, 0.3) is 0 Å². The Morgan fingerprint density at radius 2 is 2.20 bits per heavy atom. The topological polar surface area (TPSA) is 44.5 Å². The number of rotatable bonds is 5. The number of ether oxygens (including phenoxy) is 2. The first-order valence-electron chi connectivity index (χ1n) is 3.19. The van der Waals surface area contributed by atoms with Crippen LogP contribution in [0.3, 0.4) is 0 Å². The highest BCUT2D eigenvalue weighted by Gasteiger charge is 2.00. The Morgan fingerprint density at radius 3 is 2.60 bits per heavy atom. The van der Waals surface area contributed by atoms with Gasteiger partial charge in [0, 0.05) is 7.11 Å². The van der Waals surface area contributed by atoms with Crippen LogP contribution in [0.5, 0.6) is 0 Å². The lowest BCUT2D eigenvalue weighted by Crippen LogP contribution is -2.30. The van der Waals surface area contributed by atoms with Gasteiger partial charge in [-0.3, -0.25) is 0 Å². The molecule has 0 aromatic heterocycles. The molecule has 0 fully saturated rings. The highest BCUT2D eigenvalue weighted by molar-refractivity contribution is 4.75. The van der Waals surface area contributed by atoms with Crippen molar-refractivity contribution in [3.63, 3.8) is 0 Å². The summed E-state index contributed by atoms with van der Waals surface area (Å²) >= 11 is 0. The molecule has 0 bridgehead atoms. The van der Waals surface area contributed by atoms with Gasteiger partial charge in [-0.2, -0.15) is 0 Å². The second-order valence-corrected chi connectivity index (χ2v) is 2.23. The number of hydrogen-bond donors (Lipinski definition) is 1. The molecule has 0 heterocycles. The van der Waals surface area contributed by atoms with Gasteiger partial charge in [-0.1, -0.05) is 6.58 Å². The van der Waals surface area contributed by atoms with Crippen LogP contribution in [0.1, 0.15) is 6.92 Å². The first kappa shape index (κ1) is 9.46. The van der Waals surface area contributed by atoms with Gasteiger partial charge in [-0.25, -0.2) is 0 Å². The average molecular weight is 145 g/mol. The van der Waals surface area contributed by atoms with Crippen LogP contribution in [-0.2, 0) is 9.47 Å². The van der Waals surface area contributed by atoms with Crippen LogP contribution in [0.15, 0.2) is 12.3 Å². The highest BCUT2D eigenvalue weighted by Crippen LogP contribution is 1.91. The van der Waals surface area contributed by atoms with E-state index in [1.54, 1.807) is 14.0 Å². The molecule has 1 atom stereocenters. The van der Waals surface area contributed by atoms with Crippen LogP contribution >= 0.6 is 0 Å². The molecule has 0 spiro atoms. The van der Waals surface area contributed by atoms with Gasteiger partial charge in [0.1, 0.15) is 6.61 Å². The summed E-state index contributed by atoms with van der Waals surface area (Å²) in [6, 6.07) is -0.0540. The van der Waals surface area contributed by atoms with E-state index in [1.807, 2.05) is 0 Å². The van der Waals surface area contributed by atoms with E-state index in [0.29, 0.717) is 19.0 Å². The first-order chi connectivity index (χ1) is 4.66. The zero-order chi connectivity index (χ0) is 7.98. The highest BCUT2D eigenvalue weighted by atomic mass is 16.5. The second-order valence-electron chi connectivity index (χ2n) is 2.23. The van der Waals surface area contributed by atoms with Crippen LogP contribution in [0.2, 0.25) is 0 Å². The fraction of sp³-hybridized carbons (Fsp3) is 0.714. The molecule has 60 valence electrons. The molecule has 0 radical (unpaired) electrons. The van der Waals surface area contributed by atoms with Crippen molar-refractivity contribution in [2.75, 3.05) is 20.3 Å². The SMILES string of the molecule is C=C(C)OCC(N)COC. The van der Waals surface area contributed by atoms with Gasteiger partial charge in [0.15, 0.2) is 0 Å². The zero-order valence-corrected chi connectivity index (χ0v) is 6.59. The number of nitrogens with two attached hydrogens (primary N) is 1.